The molecule has 2 rings (SSSR count). The molecule has 1 aliphatic heterocycles. The molecule has 3 amide bonds. The predicted molar refractivity (Wildman–Crippen MR) is 97.2 cm³/mol. The summed E-state index contributed by atoms with van der Waals surface area (Å²) in [5.41, 5.74) is 1.11. The monoisotopic (exact) mass is 349 g/mol. The fourth-order valence-corrected chi connectivity index (χ4v) is 2.83. The van der Waals surface area contributed by atoms with E-state index in [1.54, 1.807) is 23.1 Å². The third-order valence-electron chi connectivity index (χ3n) is 4.13. The highest BCUT2D eigenvalue weighted by molar-refractivity contribution is 5.94. The number of carbonyl (C=O) groups is 2. The second-order valence-electron chi connectivity index (χ2n) is 6.05. The van der Waals surface area contributed by atoms with Gasteiger partial charge in [0, 0.05) is 32.3 Å². The van der Waals surface area contributed by atoms with E-state index in [9.17, 15) is 9.59 Å². The fraction of sp³-hybridized carbons (Fsp3) is 0.556. The van der Waals surface area contributed by atoms with Gasteiger partial charge in [-0.2, -0.15) is 0 Å². The smallest absolute Gasteiger partial charge is 0.321 e. The quantitative estimate of drug-likeness (QED) is 0.827. The highest BCUT2D eigenvalue weighted by atomic mass is 16.5. The van der Waals surface area contributed by atoms with E-state index in [4.69, 9.17) is 9.47 Å². The summed E-state index contributed by atoms with van der Waals surface area (Å²) in [4.78, 5) is 25.6. The lowest BCUT2D eigenvalue weighted by Gasteiger charge is -2.29. The first kappa shape index (κ1) is 19.1. The second-order valence-corrected chi connectivity index (χ2v) is 6.05. The Morgan fingerprint density at radius 2 is 2.12 bits per heavy atom. The lowest BCUT2D eigenvalue weighted by Crippen LogP contribution is -2.41. The van der Waals surface area contributed by atoms with E-state index in [-0.39, 0.29) is 18.0 Å². The Morgan fingerprint density at radius 1 is 1.32 bits per heavy atom. The number of rotatable bonds is 6. The van der Waals surface area contributed by atoms with Gasteiger partial charge < -0.3 is 25.0 Å². The van der Waals surface area contributed by atoms with E-state index in [1.807, 2.05) is 6.92 Å². The number of hydrogen-bond acceptors (Lipinski definition) is 4. The minimum atomic E-state index is -0.202. The highest BCUT2D eigenvalue weighted by Gasteiger charge is 2.20. The second kappa shape index (κ2) is 9.27. The zero-order valence-electron chi connectivity index (χ0n) is 15.1. The van der Waals surface area contributed by atoms with E-state index < -0.39 is 0 Å². The van der Waals surface area contributed by atoms with Gasteiger partial charge in [-0.25, -0.2) is 4.79 Å². The first-order valence-corrected chi connectivity index (χ1v) is 8.66. The molecule has 25 heavy (non-hydrogen) atoms. The number of likely N-dealkylation sites (N-methyl/N-ethyl adjacent to an activating group) is 1. The maximum atomic E-state index is 12.5. The number of ether oxygens (including phenoxy) is 2. The third kappa shape index (κ3) is 5.63. The number of benzene rings is 1. The number of amides is 3. The highest BCUT2D eigenvalue weighted by Crippen LogP contribution is 2.28. The van der Waals surface area contributed by atoms with Crippen molar-refractivity contribution < 1.29 is 19.1 Å². The minimum absolute atomic E-state index is 0.102. The molecule has 7 heteroatoms. The van der Waals surface area contributed by atoms with Crippen LogP contribution in [0, 0.1) is 0 Å². The average Bonchev–Trinajstić information content (AvgIpc) is 2.60. The molecule has 1 atom stereocenters. The summed E-state index contributed by atoms with van der Waals surface area (Å²) in [6.07, 6.45) is 3.32. The molecule has 2 N–H and O–H groups in total. The maximum Gasteiger partial charge on any atom is 0.321 e. The van der Waals surface area contributed by atoms with E-state index >= 15 is 0 Å². The third-order valence-corrected chi connectivity index (χ3v) is 4.13. The van der Waals surface area contributed by atoms with E-state index in [0.717, 1.165) is 25.9 Å². The van der Waals surface area contributed by atoms with Crippen molar-refractivity contribution in [1.29, 1.82) is 0 Å². The molecule has 1 fully saturated rings. The van der Waals surface area contributed by atoms with Crippen molar-refractivity contribution in [3.63, 3.8) is 0 Å². The van der Waals surface area contributed by atoms with Crippen LogP contribution in [-0.4, -0.2) is 49.7 Å². The molecular weight excluding hydrogens is 322 g/mol. The largest absolute Gasteiger partial charge is 0.495 e. The van der Waals surface area contributed by atoms with Gasteiger partial charge in [0.1, 0.15) is 5.75 Å². The number of nitrogens with zero attached hydrogens (tertiary/aromatic N) is 1. The van der Waals surface area contributed by atoms with E-state index in [1.165, 1.54) is 14.0 Å². The number of nitrogens with one attached hydrogen (secondary N) is 2. The van der Waals surface area contributed by atoms with Crippen molar-refractivity contribution in [1.82, 2.24) is 4.90 Å². The zero-order chi connectivity index (χ0) is 18.2. The summed E-state index contributed by atoms with van der Waals surface area (Å²) in [6, 6.07) is 4.95. The van der Waals surface area contributed by atoms with Gasteiger partial charge in [-0.05, 0) is 44.4 Å². The van der Waals surface area contributed by atoms with E-state index in [0.29, 0.717) is 30.2 Å². The maximum absolute atomic E-state index is 12.5. The Morgan fingerprint density at radius 3 is 2.72 bits per heavy atom. The van der Waals surface area contributed by atoms with Crippen LogP contribution in [0.4, 0.5) is 16.2 Å². The van der Waals surface area contributed by atoms with Gasteiger partial charge >= 0.3 is 6.03 Å². The van der Waals surface area contributed by atoms with E-state index in [2.05, 4.69) is 10.6 Å². The normalized spacial score (nSPS) is 16.8. The molecular formula is C18H27N3O4. The Balaban J connectivity index is 2.03. The molecule has 1 aromatic rings. The fourth-order valence-electron chi connectivity index (χ4n) is 2.83. The van der Waals surface area contributed by atoms with Gasteiger partial charge in [-0.15, -0.1) is 0 Å². The van der Waals surface area contributed by atoms with Gasteiger partial charge in [-0.3, -0.25) is 4.79 Å². The Labute approximate surface area is 148 Å². The SMILES string of the molecule is CCN(CC1CCCCO1)C(=O)Nc1ccc(OC)c(NC(C)=O)c1. The summed E-state index contributed by atoms with van der Waals surface area (Å²) >= 11 is 0. The lowest BCUT2D eigenvalue weighted by molar-refractivity contribution is -0.114. The lowest BCUT2D eigenvalue weighted by atomic mass is 10.1. The van der Waals surface area contributed by atoms with Crippen LogP contribution in [0.3, 0.4) is 0 Å². The number of anilines is 2. The van der Waals surface area contributed by atoms with Gasteiger partial charge in [0.15, 0.2) is 0 Å². The Hall–Kier alpha value is -2.28. The van der Waals surface area contributed by atoms with Crippen LogP contribution in [-0.2, 0) is 9.53 Å². The van der Waals surface area contributed by atoms with Crippen LogP contribution in [0.5, 0.6) is 5.75 Å². The molecule has 0 radical (unpaired) electrons. The van der Waals surface area contributed by atoms with Crippen molar-refractivity contribution in [2.75, 3.05) is 37.4 Å². The minimum Gasteiger partial charge on any atom is -0.495 e. The summed E-state index contributed by atoms with van der Waals surface area (Å²) in [5.74, 6) is 0.336. The summed E-state index contributed by atoms with van der Waals surface area (Å²) in [7, 11) is 1.53. The molecule has 0 saturated carbocycles. The number of carbonyl (C=O) groups excluding carboxylic acids is 2. The van der Waals surface area contributed by atoms with Crippen molar-refractivity contribution in [3.05, 3.63) is 18.2 Å². The summed E-state index contributed by atoms with van der Waals surface area (Å²) in [6.45, 7) is 5.31. The van der Waals surface area contributed by atoms with Crippen LogP contribution in [0.1, 0.15) is 33.1 Å². The molecule has 1 saturated heterocycles. The molecule has 0 aromatic heterocycles. The standard InChI is InChI=1S/C18H27N3O4/c1-4-21(12-15-7-5-6-10-25-15)18(23)20-14-8-9-17(24-3)16(11-14)19-13(2)22/h8-9,11,15H,4-7,10,12H2,1-3H3,(H,19,22)(H,20,23). The molecule has 7 nitrogen and oxygen atoms in total. The van der Waals surface area contributed by atoms with Crippen LogP contribution >= 0.6 is 0 Å². The topological polar surface area (TPSA) is 79.9 Å². The number of methoxy groups -OCH3 is 1. The van der Waals surface area contributed by atoms with Crippen molar-refractivity contribution in [2.24, 2.45) is 0 Å². The van der Waals surface area contributed by atoms with Crippen molar-refractivity contribution in [3.8, 4) is 5.75 Å². The van der Waals surface area contributed by atoms with Crippen molar-refractivity contribution >= 4 is 23.3 Å². The average molecular weight is 349 g/mol. The van der Waals surface area contributed by atoms with Crippen LogP contribution in [0.15, 0.2) is 18.2 Å². The van der Waals surface area contributed by atoms with Crippen LogP contribution in [0.2, 0.25) is 0 Å². The number of urea groups is 1. The molecule has 1 aliphatic rings. The molecule has 0 bridgehead atoms. The molecule has 0 spiro atoms. The Kier molecular flexibility index (Phi) is 7.06. The van der Waals surface area contributed by atoms with Gasteiger partial charge in [-0.1, -0.05) is 0 Å². The first-order valence-electron chi connectivity index (χ1n) is 8.66. The zero-order valence-corrected chi connectivity index (χ0v) is 15.1. The molecule has 1 aromatic carbocycles. The first-order chi connectivity index (χ1) is 12.0. The van der Waals surface area contributed by atoms with Gasteiger partial charge in [0.25, 0.3) is 0 Å². The number of hydrogen-bond donors (Lipinski definition) is 2. The van der Waals surface area contributed by atoms with Crippen LogP contribution < -0.4 is 15.4 Å². The Bertz CT molecular complexity index is 600. The molecule has 0 aliphatic carbocycles. The molecule has 1 heterocycles. The van der Waals surface area contributed by atoms with Gasteiger partial charge in [0.05, 0.1) is 18.9 Å². The van der Waals surface area contributed by atoms with Crippen LogP contribution in [0.25, 0.3) is 0 Å². The predicted octanol–water partition coefficient (Wildman–Crippen LogP) is 3.08. The molecule has 1 unspecified atom stereocenters. The summed E-state index contributed by atoms with van der Waals surface area (Å²) in [5, 5.41) is 5.57. The summed E-state index contributed by atoms with van der Waals surface area (Å²) < 4.78 is 10.9. The molecule has 138 valence electrons. The van der Waals surface area contributed by atoms with Gasteiger partial charge in [0.2, 0.25) is 5.91 Å². The van der Waals surface area contributed by atoms with Crippen molar-refractivity contribution in [2.45, 2.75) is 39.2 Å².